The van der Waals surface area contributed by atoms with Crippen molar-refractivity contribution in [3.05, 3.63) is 59.0 Å². The van der Waals surface area contributed by atoms with Gasteiger partial charge in [-0.25, -0.2) is 0 Å². The molecule has 0 aliphatic carbocycles. The van der Waals surface area contributed by atoms with Crippen molar-refractivity contribution in [3.8, 4) is 0 Å². The van der Waals surface area contributed by atoms with Gasteiger partial charge in [0.15, 0.2) is 0 Å². The van der Waals surface area contributed by atoms with E-state index in [1.165, 1.54) is 16.7 Å². The molecule has 3 rings (SSSR count). The Morgan fingerprint density at radius 2 is 2.10 bits per heavy atom. The largest absolute Gasteiger partial charge is 0.468 e. The third kappa shape index (κ3) is 3.74. The van der Waals surface area contributed by atoms with E-state index in [0.717, 1.165) is 51.3 Å². The van der Waals surface area contributed by atoms with Crippen LogP contribution in [0.25, 0.3) is 0 Å². The lowest BCUT2D eigenvalue weighted by Crippen LogP contribution is -2.29. The van der Waals surface area contributed by atoms with Gasteiger partial charge in [0.1, 0.15) is 5.76 Å². The van der Waals surface area contributed by atoms with E-state index >= 15 is 0 Å². The second-order valence-corrected chi connectivity index (χ2v) is 5.83. The van der Waals surface area contributed by atoms with Crippen LogP contribution in [-0.2, 0) is 26.1 Å². The number of hydrogen-bond donors (Lipinski definition) is 1. The molecule has 1 N–H and O–H groups in total. The SMILES string of the molecule is CCCNCc1coc(CN2CCc3ccccc3C2)c1. The fraction of sp³-hybridized carbons (Fsp3) is 0.444. The average molecular weight is 284 g/mol. The molecule has 0 radical (unpaired) electrons. The molecule has 0 fully saturated rings. The predicted octanol–water partition coefficient (Wildman–Crippen LogP) is 3.34. The van der Waals surface area contributed by atoms with Crippen molar-refractivity contribution in [2.75, 3.05) is 13.1 Å². The van der Waals surface area contributed by atoms with Crippen LogP contribution in [0.2, 0.25) is 0 Å². The first-order chi connectivity index (χ1) is 10.3. The first kappa shape index (κ1) is 14.4. The lowest BCUT2D eigenvalue weighted by atomic mass is 10.00. The third-order valence-electron chi connectivity index (χ3n) is 4.05. The summed E-state index contributed by atoms with van der Waals surface area (Å²) in [6.07, 6.45) is 4.19. The van der Waals surface area contributed by atoms with Crippen LogP contribution in [-0.4, -0.2) is 18.0 Å². The van der Waals surface area contributed by atoms with Gasteiger partial charge in [0, 0.05) is 25.2 Å². The highest BCUT2D eigenvalue weighted by Crippen LogP contribution is 2.20. The van der Waals surface area contributed by atoms with Gasteiger partial charge in [-0.05, 0) is 36.6 Å². The van der Waals surface area contributed by atoms with E-state index in [4.69, 9.17) is 4.42 Å². The summed E-state index contributed by atoms with van der Waals surface area (Å²) >= 11 is 0. The molecule has 3 nitrogen and oxygen atoms in total. The first-order valence-electron chi connectivity index (χ1n) is 7.91. The predicted molar refractivity (Wildman–Crippen MR) is 85.0 cm³/mol. The topological polar surface area (TPSA) is 28.4 Å². The summed E-state index contributed by atoms with van der Waals surface area (Å²) in [6, 6.07) is 10.9. The van der Waals surface area contributed by atoms with Crippen LogP contribution in [0.3, 0.4) is 0 Å². The van der Waals surface area contributed by atoms with E-state index in [9.17, 15) is 0 Å². The van der Waals surface area contributed by atoms with E-state index in [1.54, 1.807) is 0 Å². The van der Waals surface area contributed by atoms with Crippen LogP contribution < -0.4 is 5.32 Å². The van der Waals surface area contributed by atoms with E-state index < -0.39 is 0 Å². The third-order valence-corrected chi connectivity index (χ3v) is 4.05. The van der Waals surface area contributed by atoms with Gasteiger partial charge in [0.2, 0.25) is 0 Å². The molecule has 2 heterocycles. The van der Waals surface area contributed by atoms with Crippen LogP contribution in [0, 0.1) is 0 Å². The molecule has 0 bridgehead atoms. The molecule has 0 unspecified atom stereocenters. The standard InChI is InChI=1S/C18H24N2O/c1-2-8-19-11-15-10-18(21-14-15)13-20-9-7-16-5-3-4-6-17(16)12-20/h3-6,10,14,19H,2,7-9,11-13H2,1H3. The van der Waals surface area contributed by atoms with Crippen molar-refractivity contribution in [2.45, 2.75) is 39.4 Å². The maximum absolute atomic E-state index is 5.70. The van der Waals surface area contributed by atoms with Gasteiger partial charge in [0.05, 0.1) is 12.8 Å². The Morgan fingerprint density at radius 1 is 1.24 bits per heavy atom. The van der Waals surface area contributed by atoms with Crippen molar-refractivity contribution in [1.82, 2.24) is 10.2 Å². The molecule has 1 aliphatic rings. The highest BCUT2D eigenvalue weighted by molar-refractivity contribution is 5.29. The molecule has 0 saturated heterocycles. The van der Waals surface area contributed by atoms with Crippen LogP contribution in [0.15, 0.2) is 41.0 Å². The first-order valence-corrected chi connectivity index (χ1v) is 7.91. The van der Waals surface area contributed by atoms with Crippen molar-refractivity contribution in [3.63, 3.8) is 0 Å². The van der Waals surface area contributed by atoms with Crippen LogP contribution in [0.4, 0.5) is 0 Å². The molecule has 0 saturated carbocycles. The Kier molecular flexibility index (Phi) is 4.73. The minimum Gasteiger partial charge on any atom is -0.468 e. The molecule has 0 amide bonds. The molecular formula is C18H24N2O. The van der Waals surface area contributed by atoms with E-state index in [0.29, 0.717) is 0 Å². The zero-order valence-corrected chi connectivity index (χ0v) is 12.8. The maximum atomic E-state index is 5.70. The van der Waals surface area contributed by atoms with Gasteiger partial charge in [-0.1, -0.05) is 31.2 Å². The minimum absolute atomic E-state index is 0.903. The second-order valence-electron chi connectivity index (χ2n) is 5.83. The lowest BCUT2D eigenvalue weighted by molar-refractivity contribution is 0.226. The molecule has 1 aromatic heterocycles. The molecular weight excluding hydrogens is 260 g/mol. The Balaban J connectivity index is 1.55. The fourth-order valence-electron chi connectivity index (χ4n) is 2.92. The Morgan fingerprint density at radius 3 is 2.95 bits per heavy atom. The fourth-order valence-corrected chi connectivity index (χ4v) is 2.92. The van der Waals surface area contributed by atoms with Crippen molar-refractivity contribution in [2.24, 2.45) is 0 Å². The minimum atomic E-state index is 0.903. The number of nitrogens with zero attached hydrogens (tertiary/aromatic N) is 1. The molecule has 0 atom stereocenters. The number of nitrogens with one attached hydrogen (secondary N) is 1. The summed E-state index contributed by atoms with van der Waals surface area (Å²) in [5.74, 6) is 1.07. The molecule has 1 aliphatic heterocycles. The summed E-state index contributed by atoms with van der Waals surface area (Å²) in [5.41, 5.74) is 4.20. The molecule has 112 valence electrons. The van der Waals surface area contributed by atoms with Gasteiger partial charge < -0.3 is 9.73 Å². The summed E-state index contributed by atoms with van der Waals surface area (Å²) in [6.45, 7) is 7.19. The van der Waals surface area contributed by atoms with Crippen LogP contribution in [0.1, 0.15) is 35.8 Å². The van der Waals surface area contributed by atoms with Crippen molar-refractivity contribution >= 4 is 0 Å². The highest BCUT2D eigenvalue weighted by atomic mass is 16.3. The zero-order chi connectivity index (χ0) is 14.5. The molecule has 0 spiro atoms. The van der Waals surface area contributed by atoms with E-state index in [2.05, 4.69) is 47.5 Å². The Bertz CT molecular complexity index is 576. The monoisotopic (exact) mass is 284 g/mol. The number of hydrogen-bond acceptors (Lipinski definition) is 3. The number of rotatable bonds is 6. The van der Waals surface area contributed by atoms with Crippen LogP contribution >= 0.6 is 0 Å². The van der Waals surface area contributed by atoms with E-state index in [1.807, 2.05) is 6.26 Å². The summed E-state index contributed by atoms with van der Waals surface area (Å²) in [7, 11) is 0. The number of furan rings is 1. The average Bonchev–Trinajstić information content (AvgIpc) is 2.95. The molecule has 1 aromatic carbocycles. The van der Waals surface area contributed by atoms with Gasteiger partial charge in [-0.15, -0.1) is 0 Å². The highest BCUT2D eigenvalue weighted by Gasteiger charge is 2.16. The summed E-state index contributed by atoms with van der Waals surface area (Å²) < 4.78 is 5.70. The van der Waals surface area contributed by atoms with Gasteiger partial charge >= 0.3 is 0 Å². The van der Waals surface area contributed by atoms with Crippen LogP contribution in [0.5, 0.6) is 0 Å². The van der Waals surface area contributed by atoms with Gasteiger partial charge in [-0.3, -0.25) is 4.90 Å². The normalized spacial score (nSPS) is 15.1. The molecule has 2 aromatic rings. The van der Waals surface area contributed by atoms with Crippen molar-refractivity contribution in [1.29, 1.82) is 0 Å². The Hall–Kier alpha value is -1.58. The smallest absolute Gasteiger partial charge is 0.118 e. The van der Waals surface area contributed by atoms with Crippen molar-refractivity contribution < 1.29 is 4.42 Å². The summed E-state index contributed by atoms with van der Waals surface area (Å²) in [4.78, 5) is 2.46. The maximum Gasteiger partial charge on any atom is 0.118 e. The number of fused-ring (bicyclic) bond motifs is 1. The molecule has 3 heteroatoms. The number of benzene rings is 1. The zero-order valence-electron chi connectivity index (χ0n) is 12.8. The van der Waals surface area contributed by atoms with E-state index in [-0.39, 0.29) is 0 Å². The van der Waals surface area contributed by atoms with Gasteiger partial charge in [-0.2, -0.15) is 0 Å². The quantitative estimate of drug-likeness (QED) is 0.825. The molecule has 21 heavy (non-hydrogen) atoms. The second kappa shape index (κ2) is 6.92. The Labute approximate surface area is 127 Å². The van der Waals surface area contributed by atoms with Gasteiger partial charge in [0.25, 0.3) is 0 Å². The summed E-state index contributed by atoms with van der Waals surface area (Å²) in [5, 5.41) is 3.41. The lowest BCUT2D eigenvalue weighted by Gasteiger charge is -2.27.